The Balaban J connectivity index is 2.32. The third-order valence-electron chi connectivity index (χ3n) is 2.50. The van der Waals surface area contributed by atoms with Crippen LogP contribution in [0, 0.1) is 0 Å². The van der Waals surface area contributed by atoms with Crippen LogP contribution in [0.3, 0.4) is 0 Å². The standard InChI is InChI=1S/C11H20N6O2/c1-3-9(12)10-6-17(16-15-10)7-11(19)14-5-4-13-8(2)18/h6,9H,3-5,7,12H2,1-2H3,(H,13,18)(H,14,19). The molecule has 19 heavy (non-hydrogen) atoms. The lowest BCUT2D eigenvalue weighted by molar-refractivity contribution is -0.122. The lowest BCUT2D eigenvalue weighted by Gasteiger charge is -2.05. The predicted molar refractivity (Wildman–Crippen MR) is 68.9 cm³/mol. The van der Waals surface area contributed by atoms with Crippen LogP contribution in [0.25, 0.3) is 0 Å². The van der Waals surface area contributed by atoms with Crippen LogP contribution in [0.15, 0.2) is 6.20 Å². The molecular formula is C11H20N6O2. The van der Waals surface area contributed by atoms with E-state index in [4.69, 9.17) is 5.73 Å². The molecule has 1 atom stereocenters. The van der Waals surface area contributed by atoms with Gasteiger partial charge in [0.2, 0.25) is 11.8 Å². The predicted octanol–water partition coefficient (Wildman–Crippen LogP) is -1.06. The molecule has 8 heteroatoms. The molecule has 2 amide bonds. The number of nitrogens with two attached hydrogens (primary N) is 1. The van der Waals surface area contributed by atoms with Gasteiger partial charge in [0.15, 0.2) is 0 Å². The van der Waals surface area contributed by atoms with E-state index in [1.165, 1.54) is 11.6 Å². The van der Waals surface area contributed by atoms with E-state index in [0.717, 1.165) is 6.42 Å². The molecule has 0 radical (unpaired) electrons. The van der Waals surface area contributed by atoms with Crippen LogP contribution in [-0.2, 0) is 16.1 Å². The van der Waals surface area contributed by atoms with E-state index in [1.807, 2.05) is 6.92 Å². The summed E-state index contributed by atoms with van der Waals surface area (Å²) in [6.07, 6.45) is 2.43. The van der Waals surface area contributed by atoms with Gasteiger partial charge in [0.05, 0.1) is 17.9 Å². The molecule has 0 aliphatic heterocycles. The first-order chi connectivity index (χ1) is 9.02. The second kappa shape index (κ2) is 7.47. The maximum absolute atomic E-state index is 11.6. The minimum atomic E-state index is -0.188. The zero-order valence-electron chi connectivity index (χ0n) is 11.2. The van der Waals surface area contributed by atoms with Crippen molar-refractivity contribution in [1.29, 1.82) is 0 Å². The molecule has 0 fully saturated rings. The fourth-order valence-electron chi connectivity index (χ4n) is 1.41. The zero-order chi connectivity index (χ0) is 14.3. The van der Waals surface area contributed by atoms with Gasteiger partial charge in [-0.25, -0.2) is 4.68 Å². The maximum atomic E-state index is 11.6. The number of rotatable bonds is 7. The SMILES string of the molecule is CCC(N)c1cn(CC(=O)NCCNC(C)=O)nn1. The van der Waals surface area contributed by atoms with E-state index in [-0.39, 0.29) is 24.4 Å². The minimum Gasteiger partial charge on any atom is -0.355 e. The van der Waals surface area contributed by atoms with Crippen LogP contribution in [0.1, 0.15) is 32.0 Å². The number of carbonyl (C=O) groups excluding carboxylic acids is 2. The highest BCUT2D eigenvalue weighted by Gasteiger charge is 2.10. The molecule has 1 rings (SSSR count). The molecule has 8 nitrogen and oxygen atoms in total. The Labute approximate surface area is 111 Å². The summed E-state index contributed by atoms with van der Waals surface area (Å²) in [5.41, 5.74) is 6.48. The molecule has 1 heterocycles. The van der Waals surface area contributed by atoms with Crippen LogP contribution in [0.2, 0.25) is 0 Å². The van der Waals surface area contributed by atoms with Crippen LogP contribution in [0.5, 0.6) is 0 Å². The van der Waals surface area contributed by atoms with Crippen molar-refractivity contribution in [3.63, 3.8) is 0 Å². The number of hydrogen-bond donors (Lipinski definition) is 3. The van der Waals surface area contributed by atoms with E-state index in [0.29, 0.717) is 18.8 Å². The van der Waals surface area contributed by atoms with Crippen molar-refractivity contribution in [1.82, 2.24) is 25.6 Å². The summed E-state index contributed by atoms with van der Waals surface area (Å²) in [6.45, 7) is 4.26. The summed E-state index contributed by atoms with van der Waals surface area (Å²) in [5.74, 6) is -0.310. The van der Waals surface area contributed by atoms with Gasteiger partial charge in [0.1, 0.15) is 6.54 Å². The Hall–Kier alpha value is -1.96. The average molecular weight is 268 g/mol. The van der Waals surface area contributed by atoms with Gasteiger partial charge in [-0.2, -0.15) is 0 Å². The lowest BCUT2D eigenvalue weighted by atomic mass is 10.2. The van der Waals surface area contributed by atoms with Gasteiger partial charge in [0, 0.05) is 20.0 Å². The summed E-state index contributed by atoms with van der Waals surface area (Å²) in [4.78, 5) is 22.2. The van der Waals surface area contributed by atoms with Crippen molar-refractivity contribution in [2.75, 3.05) is 13.1 Å². The average Bonchev–Trinajstić information content (AvgIpc) is 2.82. The highest BCUT2D eigenvalue weighted by molar-refractivity contribution is 5.76. The second-order valence-electron chi connectivity index (χ2n) is 4.19. The first kappa shape index (κ1) is 15.1. The molecular weight excluding hydrogens is 248 g/mol. The molecule has 0 bridgehead atoms. The third kappa shape index (κ3) is 5.47. The number of hydrogen-bond acceptors (Lipinski definition) is 5. The summed E-state index contributed by atoms with van der Waals surface area (Å²) in [5, 5.41) is 13.0. The largest absolute Gasteiger partial charge is 0.355 e. The molecule has 106 valence electrons. The van der Waals surface area contributed by atoms with Gasteiger partial charge >= 0.3 is 0 Å². The van der Waals surface area contributed by atoms with Crippen LogP contribution in [-0.4, -0.2) is 39.9 Å². The van der Waals surface area contributed by atoms with E-state index in [9.17, 15) is 9.59 Å². The number of amides is 2. The zero-order valence-corrected chi connectivity index (χ0v) is 11.2. The molecule has 1 aromatic heterocycles. The van der Waals surface area contributed by atoms with Crippen LogP contribution < -0.4 is 16.4 Å². The Morgan fingerprint density at radius 3 is 2.74 bits per heavy atom. The Morgan fingerprint density at radius 2 is 2.11 bits per heavy atom. The molecule has 0 saturated carbocycles. The second-order valence-corrected chi connectivity index (χ2v) is 4.19. The number of nitrogens with zero attached hydrogens (tertiary/aromatic N) is 3. The van der Waals surface area contributed by atoms with E-state index in [1.54, 1.807) is 6.20 Å². The van der Waals surface area contributed by atoms with E-state index in [2.05, 4.69) is 20.9 Å². The van der Waals surface area contributed by atoms with Crippen molar-refractivity contribution in [2.45, 2.75) is 32.9 Å². The summed E-state index contributed by atoms with van der Waals surface area (Å²) < 4.78 is 1.44. The maximum Gasteiger partial charge on any atom is 0.241 e. The van der Waals surface area contributed by atoms with Crippen molar-refractivity contribution in [2.24, 2.45) is 5.73 Å². The van der Waals surface area contributed by atoms with E-state index >= 15 is 0 Å². The molecule has 1 aromatic rings. The molecule has 0 aliphatic rings. The number of nitrogens with one attached hydrogen (secondary N) is 2. The first-order valence-electron chi connectivity index (χ1n) is 6.19. The highest BCUT2D eigenvalue weighted by atomic mass is 16.2. The van der Waals surface area contributed by atoms with Crippen LogP contribution in [0.4, 0.5) is 0 Å². The molecule has 0 aliphatic carbocycles. The molecule has 4 N–H and O–H groups in total. The quantitative estimate of drug-likeness (QED) is 0.545. The van der Waals surface area contributed by atoms with Gasteiger partial charge in [-0.3, -0.25) is 9.59 Å². The van der Waals surface area contributed by atoms with Gasteiger partial charge in [-0.15, -0.1) is 5.10 Å². The van der Waals surface area contributed by atoms with Gasteiger partial charge in [-0.1, -0.05) is 12.1 Å². The van der Waals surface area contributed by atoms with Crippen molar-refractivity contribution in [3.05, 3.63) is 11.9 Å². The van der Waals surface area contributed by atoms with E-state index < -0.39 is 0 Å². The molecule has 0 spiro atoms. The Morgan fingerprint density at radius 1 is 1.42 bits per heavy atom. The fraction of sp³-hybridized carbons (Fsp3) is 0.636. The summed E-state index contributed by atoms with van der Waals surface area (Å²) >= 11 is 0. The molecule has 0 saturated heterocycles. The van der Waals surface area contributed by atoms with Crippen LogP contribution >= 0.6 is 0 Å². The Bertz CT molecular complexity index is 431. The fourth-order valence-corrected chi connectivity index (χ4v) is 1.41. The minimum absolute atomic E-state index is 0.0868. The van der Waals surface area contributed by atoms with Crippen molar-refractivity contribution >= 4 is 11.8 Å². The third-order valence-corrected chi connectivity index (χ3v) is 2.50. The first-order valence-corrected chi connectivity index (χ1v) is 6.19. The normalized spacial score (nSPS) is 11.9. The highest BCUT2D eigenvalue weighted by Crippen LogP contribution is 2.08. The van der Waals surface area contributed by atoms with Crippen molar-refractivity contribution < 1.29 is 9.59 Å². The smallest absolute Gasteiger partial charge is 0.241 e. The summed E-state index contributed by atoms with van der Waals surface area (Å²) in [6, 6.07) is -0.156. The topological polar surface area (TPSA) is 115 Å². The van der Waals surface area contributed by atoms with Gasteiger partial charge in [-0.05, 0) is 6.42 Å². The monoisotopic (exact) mass is 268 g/mol. The molecule has 1 unspecified atom stereocenters. The Kier molecular flexibility index (Phi) is 5.94. The lowest BCUT2D eigenvalue weighted by Crippen LogP contribution is -2.35. The summed E-state index contributed by atoms with van der Waals surface area (Å²) in [7, 11) is 0. The number of carbonyl (C=O) groups is 2. The van der Waals surface area contributed by atoms with Crippen molar-refractivity contribution in [3.8, 4) is 0 Å². The van der Waals surface area contributed by atoms with Gasteiger partial charge < -0.3 is 16.4 Å². The van der Waals surface area contributed by atoms with Gasteiger partial charge in [0.25, 0.3) is 0 Å². The molecule has 0 aromatic carbocycles. The number of aromatic nitrogens is 3.